The van der Waals surface area contributed by atoms with E-state index in [1.54, 1.807) is 7.11 Å². The summed E-state index contributed by atoms with van der Waals surface area (Å²) < 4.78 is 10.4. The summed E-state index contributed by atoms with van der Waals surface area (Å²) in [6, 6.07) is 0. The van der Waals surface area contributed by atoms with Gasteiger partial charge in [0.25, 0.3) is 0 Å². The van der Waals surface area contributed by atoms with Crippen LogP contribution in [0.3, 0.4) is 0 Å². The van der Waals surface area contributed by atoms with Gasteiger partial charge in [0, 0.05) is 39.6 Å². The van der Waals surface area contributed by atoms with Gasteiger partial charge in [0.15, 0.2) is 0 Å². The number of piperidine rings is 1. The van der Waals surface area contributed by atoms with Gasteiger partial charge in [-0.2, -0.15) is 0 Å². The Kier molecular flexibility index (Phi) is 6.65. The van der Waals surface area contributed by atoms with Crippen molar-refractivity contribution in [1.29, 1.82) is 0 Å². The van der Waals surface area contributed by atoms with E-state index in [0.29, 0.717) is 38.4 Å². The number of aliphatic hydroxyl groups excluding tert-OH is 1. The van der Waals surface area contributed by atoms with Crippen LogP contribution >= 0.6 is 0 Å². The molecule has 100 valence electrons. The third-order valence-electron chi connectivity index (χ3n) is 2.86. The Morgan fingerprint density at radius 1 is 1.35 bits per heavy atom. The Balaban J connectivity index is 2.12. The van der Waals surface area contributed by atoms with Crippen LogP contribution in [0.15, 0.2) is 0 Å². The van der Waals surface area contributed by atoms with E-state index in [2.05, 4.69) is 4.90 Å². The number of nitrogens with zero attached hydrogens (tertiary/aromatic N) is 1. The van der Waals surface area contributed by atoms with Gasteiger partial charge in [-0.25, -0.2) is 0 Å². The predicted molar refractivity (Wildman–Crippen MR) is 64.0 cm³/mol. The van der Waals surface area contributed by atoms with Crippen molar-refractivity contribution in [3.63, 3.8) is 0 Å². The fourth-order valence-corrected chi connectivity index (χ4v) is 1.89. The van der Waals surface area contributed by atoms with E-state index >= 15 is 0 Å². The zero-order valence-corrected chi connectivity index (χ0v) is 10.7. The highest BCUT2D eigenvalue weighted by molar-refractivity contribution is 5.79. The molecule has 1 N–H and O–H groups in total. The van der Waals surface area contributed by atoms with E-state index < -0.39 is 6.10 Å². The highest BCUT2D eigenvalue weighted by Crippen LogP contribution is 2.06. The summed E-state index contributed by atoms with van der Waals surface area (Å²) in [5.41, 5.74) is 0. The van der Waals surface area contributed by atoms with Gasteiger partial charge >= 0.3 is 0 Å². The number of ketones is 1. The Hall–Kier alpha value is -0.490. The highest BCUT2D eigenvalue weighted by Gasteiger charge is 2.19. The summed E-state index contributed by atoms with van der Waals surface area (Å²) in [5, 5.41) is 9.79. The summed E-state index contributed by atoms with van der Waals surface area (Å²) in [4.78, 5) is 13.2. The maximum absolute atomic E-state index is 11.1. The number of aliphatic hydroxyl groups is 1. The van der Waals surface area contributed by atoms with Gasteiger partial charge < -0.3 is 14.6 Å². The van der Waals surface area contributed by atoms with Crippen molar-refractivity contribution in [3.8, 4) is 0 Å². The molecule has 0 aromatic heterocycles. The largest absolute Gasteiger partial charge is 0.389 e. The monoisotopic (exact) mass is 245 g/mol. The molecule has 1 rings (SSSR count). The van der Waals surface area contributed by atoms with Crippen molar-refractivity contribution in [2.45, 2.75) is 32.0 Å². The van der Waals surface area contributed by atoms with Crippen molar-refractivity contribution in [2.75, 3.05) is 40.0 Å². The van der Waals surface area contributed by atoms with Gasteiger partial charge in [-0.3, -0.25) is 9.69 Å². The maximum Gasteiger partial charge on any atom is 0.135 e. The number of hydrogen-bond acceptors (Lipinski definition) is 5. The zero-order chi connectivity index (χ0) is 12.7. The lowest BCUT2D eigenvalue weighted by atomic mass is 10.1. The van der Waals surface area contributed by atoms with Gasteiger partial charge in [0.05, 0.1) is 25.4 Å². The molecule has 0 bridgehead atoms. The number of Topliss-reactive ketones (excluding diaryl/α,β-unsaturated/α-hetero) is 1. The fraction of sp³-hybridized carbons (Fsp3) is 0.917. The van der Waals surface area contributed by atoms with Crippen molar-refractivity contribution in [2.24, 2.45) is 0 Å². The van der Waals surface area contributed by atoms with E-state index in [1.165, 1.54) is 0 Å². The number of likely N-dealkylation sites (tertiary alicyclic amines) is 1. The number of carbonyl (C=O) groups is 1. The van der Waals surface area contributed by atoms with Gasteiger partial charge in [0.2, 0.25) is 0 Å². The molecule has 1 saturated heterocycles. The predicted octanol–water partition coefficient (Wildman–Crippen LogP) is 0.0637. The molecule has 0 aromatic carbocycles. The molecule has 2 atom stereocenters. The second kappa shape index (κ2) is 7.76. The summed E-state index contributed by atoms with van der Waals surface area (Å²) >= 11 is 0. The van der Waals surface area contributed by atoms with Crippen LogP contribution < -0.4 is 0 Å². The quantitative estimate of drug-likeness (QED) is 0.687. The minimum Gasteiger partial charge on any atom is -0.389 e. The first-order chi connectivity index (χ1) is 8.11. The first-order valence-electron chi connectivity index (χ1n) is 6.14. The molecule has 1 aliphatic heterocycles. The molecule has 5 nitrogen and oxygen atoms in total. The number of β-amino-alcohol motifs (C(OH)–C–C–N with tert-alkyl or cyclic N) is 1. The molecule has 0 amide bonds. The van der Waals surface area contributed by atoms with Crippen LogP contribution in [0.2, 0.25) is 0 Å². The van der Waals surface area contributed by atoms with Gasteiger partial charge in [-0.05, 0) is 6.92 Å². The Labute approximate surface area is 103 Å². The van der Waals surface area contributed by atoms with E-state index in [0.717, 1.165) is 13.1 Å². The van der Waals surface area contributed by atoms with Crippen LogP contribution in [-0.4, -0.2) is 68.0 Å². The van der Waals surface area contributed by atoms with Gasteiger partial charge in [0.1, 0.15) is 5.78 Å². The minimum atomic E-state index is -0.498. The van der Waals surface area contributed by atoms with Crippen molar-refractivity contribution in [1.82, 2.24) is 4.90 Å². The van der Waals surface area contributed by atoms with Crippen LogP contribution in [0, 0.1) is 0 Å². The summed E-state index contributed by atoms with van der Waals surface area (Å²) in [7, 11) is 1.63. The SMILES string of the molecule is COCC(C)OCC(O)CN1CCC(=O)CC1. The summed E-state index contributed by atoms with van der Waals surface area (Å²) in [5.74, 6) is 0.320. The zero-order valence-electron chi connectivity index (χ0n) is 10.7. The molecule has 0 aromatic rings. The third-order valence-corrected chi connectivity index (χ3v) is 2.86. The van der Waals surface area contributed by atoms with Crippen molar-refractivity contribution in [3.05, 3.63) is 0 Å². The second-order valence-corrected chi connectivity index (χ2v) is 4.59. The van der Waals surface area contributed by atoms with Crippen LogP contribution in [-0.2, 0) is 14.3 Å². The molecular weight excluding hydrogens is 222 g/mol. The molecule has 0 aliphatic carbocycles. The molecule has 17 heavy (non-hydrogen) atoms. The average Bonchev–Trinajstić information content (AvgIpc) is 2.30. The van der Waals surface area contributed by atoms with Gasteiger partial charge in [-0.1, -0.05) is 0 Å². The average molecular weight is 245 g/mol. The Bertz CT molecular complexity index is 225. The standard InChI is InChI=1S/C12H23NO4/c1-10(8-16-2)17-9-12(15)7-13-5-3-11(14)4-6-13/h10,12,15H,3-9H2,1-2H3. The van der Waals surface area contributed by atoms with Crippen LogP contribution in [0.5, 0.6) is 0 Å². The first-order valence-corrected chi connectivity index (χ1v) is 6.14. The molecule has 5 heteroatoms. The molecule has 0 saturated carbocycles. The molecule has 2 unspecified atom stereocenters. The Morgan fingerprint density at radius 3 is 2.59 bits per heavy atom. The van der Waals surface area contributed by atoms with Crippen LogP contribution in [0.1, 0.15) is 19.8 Å². The molecular formula is C12H23NO4. The minimum absolute atomic E-state index is 0.00224. The third kappa shape index (κ3) is 6.12. The van der Waals surface area contributed by atoms with Crippen LogP contribution in [0.4, 0.5) is 0 Å². The van der Waals surface area contributed by atoms with E-state index in [9.17, 15) is 9.90 Å². The summed E-state index contributed by atoms with van der Waals surface area (Å²) in [6.07, 6.45) is 0.710. The fourth-order valence-electron chi connectivity index (χ4n) is 1.89. The topological polar surface area (TPSA) is 59.0 Å². The molecule has 1 heterocycles. The van der Waals surface area contributed by atoms with Crippen molar-refractivity contribution >= 4 is 5.78 Å². The molecule has 1 aliphatic rings. The number of hydrogen-bond donors (Lipinski definition) is 1. The second-order valence-electron chi connectivity index (χ2n) is 4.59. The van der Waals surface area contributed by atoms with Crippen LogP contribution in [0.25, 0.3) is 0 Å². The van der Waals surface area contributed by atoms with E-state index in [4.69, 9.17) is 9.47 Å². The smallest absolute Gasteiger partial charge is 0.135 e. The van der Waals surface area contributed by atoms with E-state index in [1.807, 2.05) is 6.92 Å². The van der Waals surface area contributed by atoms with Crippen molar-refractivity contribution < 1.29 is 19.4 Å². The molecule has 0 radical (unpaired) electrons. The molecule has 0 spiro atoms. The number of methoxy groups -OCH3 is 1. The lowest BCUT2D eigenvalue weighted by molar-refractivity contribution is -0.122. The van der Waals surface area contributed by atoms with Gasteiger partial charge in [-0.15, -0.1) is 0 Å². The molecule has 1 fully saturated rings. The Morgan fingerprint density at radius 2 is 2.00 bits per heavy atom. The normalized spacial score (nSPS) is 21.5. The lowest BCUT2D eigenvalue weighted by Gasteiger charge is -2.28. The highest BCUT2D eigenvalue weighted by atomic mass is 16.5. The number of rotatable bonds is 7. The lowest BCUT2D eigenvalue weighted by Crippen LogP contribution is -2.40. The van der Waals surface area contributed by atoms with E-state index in [-0.39, 0.29) is 6.10 Å². The maximum atomic E-state index is 11.1. The summed E-state index contributed by atoms with van der Waals surface area (Å²) in [6.45, 7) is 4.84. The first kappa shape index (κ1) is 14.6. The number of carbonyl (C=O) groups excluding carboxylic acids is 1. The number of ether oxygens (including phenoxy) is 2.